The van der Waals surface area contributed by atoms with E-state index >= 15 is 0 Å². The number of thiocarbonyl (C=S) groups is 1. The van der Waals surface area contributed by atoms with Crippen molar-refractivity contribution >= 4 is 39.5 Å². The highest BCUT2D eigenvalue weighted by molar-refractivity contribution is 9.10. The van der Waals surface area contributed by atoms with Crippen LogP contribution >= 0.6 is 28.1 Å². The van der Waals surface area contributed by atoms with Crippen LogP contribution in [0.2, 0.25) is 0 Å². The van der Waals surface area contributed by atoms with Gasteiger partial charge < -0.3 is 15.2 Å². The number of phenols is 1. The summed E-state index contributed by atoms with van der Waals surface area (Å²) in [6.45, 7) is 3.96. The molecule has 0 bridgehead atoms. The molecule has 3 N–H and O–H groups in total. The second kappa shape index (κ2) is 7.30. The molecule has 1 rings (SSSR count). The monoisotopic (exact) mass is 345 g/mol. The van der Waals surface area contributed by atoms with Gasteiger partial charge in [0, 0.05) is 16.1 Å². The zero-order valence-corrected chi connectivity index (χ0v) is 13.3. The number of hydrogen-bond acceptors (Lipinski definition) is 4. The van der Waals surface area contributed by atoms with Crippen LogP contribution in [-0.2, 0) is 0 Å². The standard InChI is InChI=1S/C12H16BrN3O2S/c1-7(2)15-12(19)16-14-6-8-4-10(17)11(18-3)5-9(8)13/h4-7,17H,1-3H3,(H2,15,16,19)/b14-6-. The molecule has 0 aliphatic carbocycles. The second-order valence-corrected chi connectivity index (χ2v) is 5.31. The Morgan fingerprint density at radius 1 is 1.53 bits per heavy atom. The van der Waals surface area contributed by atoms with Gasteiger partial charge in [0.2, 0.25) is 0 Å². The van der Waals surface area contributed by atoms with Crippen molar-refractivity contribution in [2.45, 2.75) is 19.9 Å². The number of ether oxygens (including phenoxy) is 1. The van der Waals surface area contributed by atoms with Crippen molar-refractivity contribution in [3.05, 3.63) is 22.2 Å². The fourth-order valence-corrected chi connectivity index (χ4v) is 1.99. The largest absolute Gasteiger partial charge is 0.504 e. The van der Waals surface area contributed by atoms with Gasteiger partial charge in [-0.2, -0.15) is 5.10 Å². The summed E-state index contributed by atoms with van der Waals surface area (Å²) in [6, 6.07) is 3.46. The Kier molecular flexibility index (Phi) is 6.04. The predicted molar refractivity (Wildman–Crippen MR) is 84.0 cm³/mol. The van der Waals surface area contributed by atoms with Crippen LogP contribution in [0.4, 0.5) is 0 Å². The number of nitrogens with zero attached hydrogens (tertiary/aromatic N) is 1. The molecule has 104 valence electrons. The molecule has 0 unspecified atom stereocenters. The molecule has 1 aromatic carbocycles. The van der Waals surface area contributed by atoms with Crippen LogP contribution in [0.25, 0.3) is 0 Å². The molecule has 0 saturated heterocycles. The van der Waals surface area contributed by atoms with Crippen molar-refractivity contribution in [3.63, 3.8) is 0 Å². The maximum absolute atomic E-state index is 9.68. The van der Waals surface area contributed by atoms with Gasteiger partial charge in [-0.25, -0.2) is 0 Å². The van der Waals surface area contributed by atoms with E-state index in [-0.39, 0.29) is 11.8 Å². The van der Waals surface area contributed by atoms with Crippen molar-refractivity contribution in [3.8, 4) is 11.5 Å². The van der Waals surface area contributed by atoms with Gasteiger partial charge in [0.25, 0.3) is 0 Å². The second-order valence-electron chi connectivity index (χ2n) is 4.04. The summed E-state index contributed by atoms with van der Waals surface area (Å²) in [4.78, 5) is 0. The average molecular weight is 346 g/mol. The lowest BCUT2D eigenvalue weighted by atomic mass is 10.2. The van der Waals surface area contributed by atoms with Crippen LogP contribution in [0.3, 0.4) is 0 Å². The molecule has 5 nitrogen and oxygen atoms in total. The lowest BCUT2D eigenvalue weighted by Gasteiger charge is -2.09. The minimum Gasteiger partial charge on any atom is -0.504 e. The molecule has 0 saturated carbocycles. The molecular weight excluding hydrogens is 330 g/mol. The molecule has 0 aromatic heterocycles. The first-order valence-corrected chi connectivity index (χ1v) is 6.80. The molecule has 0 heterocycles. The average Bonchev–Trinajstić information content (AvgIpc) is 2.32. The smallest absolute Gasteiger partial charge is 0.187 e. The Morgan fingerprint density at radius 3 is 2.79 bits per heavy atom. The summed E-state index contributed by atoms with van der Waals surface area (Å²) in [5.74, 6) is 0.448. The van der Waals surface area contributed by atoms with E-state index < -0.39 is 0 Å². The fraction of sp³-hybridized carbons (Fsp3) is 0.333. The van der Waals surface area contributed by atoms with Crippen molar-refractivity contribution < 1.29 is 9.84 Å². The quantitative estimate of drug-likeness (QED) is 0.444. The van der Waals surface area contributed by atoms with E-state index in [1.165, 1.54) is 7.11 Å². The Bertz CT molecular complexity index is 492. The fourth-order valence-electron chi connectivity index (χ4n) is 1.28. The number of phenolic OH excluding ortho intramolecular Hbond substituents is 1. The van der Waals surface area contributed by atoms with Crippen LogP contribution < -0.4 is 15.5 Å². The Balaban J connectivity index is 2.72. The summed E-state index contributed by atoms with van der Waals surface area (Å²) in [5, 5.41) is 17.1. The first kappa shape index (κ1) is 15.7. The van der Waals surface area contributed by atoms with E-state index in [1.807, 2.05) is 13.8 Å². The molecule has 0 amide bonds. The summed E-state index contributed by atoms with van der Waals surface area (Å²) < 4.78 is 5.76. The van der Waals surface area contributed by atoms with E-state index in [2.05, 4.69) is 31.8 Å². The molecule has 0 atom stereocenters. The number of aromatic hydroxyl groups is 1. The first-order chi connectivity index (χ1) is 8.93. The number of rotatable bonds is 4. The lowest BCUT2D eigenvalue weighted by Crippen LogP contribution is -2.36. The normalized spacial score (nSPS) is 10.8. The third-order valence-electron chi connectivity index (χ3n) is 2.09. The summed E-state index contributed by atoms with van der Waals surface area (Å²) in [7, 11) is 1.49. The van der Waals surface area contributed by atoms with Gasteiger partial charge in [0.15, 0.2) is 16.6 Å². The number of nitrogens with one attached hydrogen (secondary N) is 2. The zero-order chi connectivity index (χ0) is 14.4. The number of hydrazone groups is 1. The third-order valence-corrected chi connectivity index (χ3v) is 2.98. The molecule has 7 heteroatoms. The Labute approximate surface area is 126 Å². The highest BCUT2D eigenvalue weighted by Gasteiger charge is 2.06. The Hall–Kier alpha value is -1.34. The van der Waals surface area contributed by atoms with E-state index in [4.69, 9.17) is 17.0 Å². The number of hydrogen-bond donors (Lipinski definition) is 3. The highest BCUT2D eigenvalue weighted by Crippen LogP contribution is 2.31. The minimum absolute atomic E-state index is 0.0510. The maximum Gasteiger partial charge on any atom is 0.187 e. The predicted octanol–water partition coefficient (Wildman–Crippen LogP) is 2.37. The summed E-state index contributed by atoms with van der Waals surface area (Å²) in [5.41, 5.74) is 3.40. The van der Waals surface area contributed by atoms with Gasteiger partial charge in [-0.15, -0.1) is 0 Å². The minimum atomic E-state index is 0.0510. The highest BCUT2D eigenvalue weighted by atomic mass is 79.9. The zero-order valence-electron chi connectivity index (χ0n) is 10.9. The molecular formula is C12H16BrN3O2S. The van der Waals surface area contributed by atoms with Crippen LogP contribution in [0, 0.1) is 0 Å². The van der Waals surface area contributed by atoms with Crippen LogP contribution in [-0.4, -0.2) is 29.6 Å². The molecule has 0 aliphatic heterocycles. The SMILES string of the molecule is COc1cc(Br)c(/C=N\NC(=S)NC(C)C)cc1O. The van der Waals surface area contributed by atoms with E-state index in [1.54, 1.807) is 18.3 Å². The molecule has 0 radical (unpaired) electrons. The van der Waals surface area contributed by atoms with Crippen molar-refractivity contribution in [1.82, 2.24) is 10.7 Å². The molecule has 1 aromatic rings. The summed E-state index contributed by atoms with van der Waals surface area (Å²) >= 11 is 8.40. The number of methoxy groups -OCH3 is 1. The molecule has 0 spiro atoms. The van der Waals surface area contributed by atoms with Gasteiger partial charge in [0.1, 0.15) is 0 Å². The van der Waals surface area contributed by atoms with E-state index in [0.717, 1.165) is 4.47 Å². The summed E-state index contributed by atoms with van der Waals surface area (Å²) in [6.07, 6.45) is 1.55. The van der Waals surface area contributed by atoms with Gasteiger partial charge in [-0.05, 0) is 54.1 Å². The van der Waals surface area contributed by atoms with Crippen molar-refractivity contribution in [2.24, 2.45) is 5.10 Å². The maximum atomic E-state index is 9.68. The lowest BCUT2D eigenvalue weighted by molar-refractivity contribution is 0.373. The van der Waals surface area contributed by atoms with Crippen LogP contribution in [0.5, 0.6) is 11.5 Å². The van der Waals surface area contributed by atoms with Crippen LogP contribution in [0.1, 0.15) is 19.4 Å². The van der Waals surface area contributed by atoms with Crippen molar-refractivity contribution in [2.75, 3.05) is 7.11 Å². The van der Waals surface area contributed by atoms with Crippen molar-refractivity contribution in [1.29, 1.82) is 0 Å². The first-order valence-electron chi connectivity index (χ1n) is 5.60. The topological polar surface area (TPSA) is 65.9 Å². The number of halogens is 1. The molecule has 0 aliphatic rings. The Morgan fingerprint density at radius 2 is 2.21 bits per heavy atom. The van der Waals surface area contributed by atoms with Crippen LogP contribution in [0.15, 0.2) is 21.7 Å². The molecule has 19 heavy (non-hydrogen) atoms. The third kappa shape index (κ3) is 5.04. The number of benzene rings is 1. The van der Waals surface area contributed by atoms with E-state index in [0.29, 0.717) is 16.4 Å². The van der Waals surface area contributed by atoms with Gasteiger partial charge in [-0.1, -0.05) is 0 Å². The van der Waals surface area contributed by atoms with Gasteiger partial charge in [0.05, 0.1) is 13.3 Å². The van der Waals surface area contributed by atoms with Gasteiger partial charge >= 0.3 is 0 Å². The van der Waals surface area contributed by atoms with E-state index in [9.17, 15) is 5.11 Å². The van der Waals surface area contributed by atoms with Gasteiger partial charge in [-0.3, -0.25) is 5.43 Å². The molecule has 0 fully saturated rings.